The Balaban J connectivity index is 2.08. The van der Waals surface area contributed by atoms with Gasteiger partial charge in [0.2, 0.25) is 0 Å². The minimum absolute atomic E-state index is 0.945. The lowest BCUT2D eigenvalue weighted by atomic mass is 10.1. The van der Waals surface area contributed by atoms with Crippen LogP contribution in [-0.4, -0.2) is 17.0 Å². The number of aryl methyl sites for hydroxylation is 1. The fourth-order valence-corrected chi connectivity index (χ4v) is 2.58. The van der Waals surface area contributed by atoms with Gasteiger partial charge >= 0.3 is 0 Å². The predicted octanol–water partition coefficient (Wildman–Crippen LogP) is 4.74. The number of nitrogens with zero attached hydrogens (tertiary/aromatic N) is 3. The van der Waals surface area contributed by atoms with E-state index in [0.29, 0.717) is 0 Å². The molecule has 1 aromatic heterocycles. The van der Waals surface area contributed by atoms with E-state index < -0.39 is 0 Å². The molecule has 22 heavy (non-hydrogen) atoms. The third kappa shape index (κ3) is 2.93. The van der Waals surface area contributed by atoms with Gasteiger partial charge in [-0.05, 0) is 37.1 Å². The van der Waals surface area contributed by atoms with Crippen LogP contribution in [-0.2, 0) is 6.42 Å². The first-order valence-electron chi connectivity index (χ1n) is 7.84. The molecular formula is C19H21N3. The van der Waals surface area contributed by atoms with Crippen molar-refractivity contribution in [2.45, 2.75) is 26.2 Å². The summed E-state index contributed by atoms with van der Waals surface area (Å²) >= 11 is 0. The van der Waals surface area contributed by atoms with Crippen LogP contribution < -0.4 is 4.90 Å². The fourth-order valence-electron chi connectivity index (χ4n) is 2.58. The lowest BCUT2D eigenvalue weighted by Gasteiger charge is -2.21. The monoisotopic (exact) mass is 291 g/mol. The Hall–Kier alpha value is -2.42. The average Bonchev–Trinajstić information content (AvgIpc) is 2.59. The molecule has 3 aromatic rings. The van der Waals surface area contributed by atoms with Gasteiger partial charge in [-0.1, -0.05) is 43.7 Å². The highest BCUT2D eigenvalue weighted by Gasteiger charge is 2.13. The van der Waals surface area contributed by atoms with Crippen LogP contribution in [0.4, 0.5) is 11.5 Å². The molecule has 0 spiro atoms. The van der Waals surface area contributed by atoms with E-state index in [4.69, 9.17) is 9.97 Å². The Morgan fingerprint density at radius 3 is 2.18 bits per heavy atom. The molecule has 0 unspecified atom stereocenters. The summed E-state index contributed by atoms with van der Waals surface area (Å²) in [7, 11) is 2.06. The number of hydrogen-bond acceptors (Lipinski definition) is 3. The third-order valence-electron chi connectivity index (χ3n) is 3.85. The van der Waals surface area contributed by atoms with Crippen LogP contribution in [0.3, 0.4) is 0 Å². The maximum Gasteiger partial charge on any atom is 0.155 e. The molecule has 0 atom stereocenters. The number of anilines is 2. The predicted molar refractivity (Wildman–Crippen MR) is 92.7 cm³/mol. The van der Waals surface area contributed by atoms with Gasteiger partial charge in [0.15, 0.2) is 5.82 Å². The van der Waals surface area contributed by atoms with E-state index in [0.717, 1.165) is 47.5 Å². The fraction of sp³-hybridized carbons (Fsp3) is 0.263. The molecule has 0 aliphatic rings. The first-order chi connectivity index (χ1) is 10.8. The van der Waals surface area contributed by atoms with E-state index in [2.05, 4.69) is 31.0 Å². The molecule has 1 heterocycles. The molecule has 0 saturated carbocycles. The number of rotatable bonds is 5. The van der Waals surface area contributed by atoms with Crippen LogP contribution in [0.25, 0.3) is 11.0 Å². The Morgan fingerprint density at radius 2 is 1.50 bits per heavy atom. The Morgan fingerprint density at radius 1 is 0.864 bits per heavy atom. The molecule has 3 heteroatoms. The van der Waals surface area contributed by atoms with Crippen molar-refractivity contribution in [1.82, 2.24) is 9.97 Å². The van der Waals surface area contributed by atoms with Crippen molar-refractivity contribution in [2.75, 3.05) is 11.9 Å². The van der Waals surface area contributed by atoms with Crippen molar-refractivity contribution >= 4 is 22.5 Å². The molecule has 2 aromatic carbocycles. The maximum atomic E-state index is 4.87. The zero-order chi connectivity index (χ0) is 15.4. The van der Waals surface area contributed by atoms with Gasteiger partial charge in [0, 0.05) is 12.7 Å². The van der Waals surface area contributed by atoms with Crippen LogP contribution in [0.2, 0.25) is 0 Å². The largest absolute Gasteiger partial charge is 0.328 e. The highest BCUT2D eigenvalue weighted by Crippen LogP contribution is 2.27. The molecule has 0 radical (unpaired) electrons. The summed E-state index contributed by atoms with van der Waals surface area (Å²) in [4.78, 5) is 11.9. The van der Waals surface area contributed by atoms with Gasteiger partial charge in [0.25, 0.3) is 0 Å². The quantitative estimate of drug-likeness (QED) is 0.680. The number of benzene rings is 2. The summed E-state index contributed by atoms with van der Waals surface area (Å²) in [6, 6.07) is 18.4. The number of aromatic nitrogens is 2. The molecule has 0 aliphatic carbocycles. The lowest BCUT2D eigenvalue weighted by Crippen LogP contribution is -2.15. The summed E-state index contributed by atoms with van der Waals surface area (Å²) in [5, 5.41) is 0. The lowest BCUT2D eigenvalue weighted by molar-refractivity contribution is 0.774. The molecule has 112 valence electrons. The van der Waals surface area contributed by atoms with Gasteiger partial charge in [-0.15, -0.1) is 0 Å². The highest BCUT2D eigenvalue weighted by molar-refractivity contribution is 5.77. The molecule has 0 N–H and O–H groups in total. The number of fused-ring (bicyclic) bond motifs is 1. The summed E-state index contributed by atoms with van der Waals surface area (Å²) in [5.74, 6) is 0.957. The normalized spacial score (nSPS) is 10.8. The van der Waals surface area contributed by atoms with Gasteiger partial charge < -0.3 is 4.90 Å². The first kappa shape index (κ1) is 14.5. The van der Waals surface area contributed by atoms with E-state index >= 15 is 0 Å². The van der Waals surface area contributed by atoms with E-state index in [9.17, 15) is 0 Å². The molecule has 0 saturated heterocycles. The van der Waals surface area contributed by atoms with E-state index in [1.54, 1.807) is 0 Å². The Bertz CT molecular complexity index is 753. The van der Waals surface area contributed by atoms with Crippen LogP contribution in [0.1, 0.15) is 25.5 Å². The first-order valence-corrected chi connectivity index (χ1v) is 7.84. The summed E-state index contributed by atoms with van der Waals surface area (Å²) in [6.45, 7) is 2.20. The number of unbranched alkanes of at least 4 members (excludes halogenated alkanes) is 1. The van der Waals surface area contributed by atoms with Crippen molar-refractivity contribution in [3.05, 3.63) is 60.3 Å². The molecule has 0 bridgehead atoms. The molecule has 3 nitrogen and oxygen atoms in total. The molecule has 0 aliphatic heterocycles. The summed E-state index contributed by atoms with van der Waals surface area (Å²) < 4.78 is 0. The summed E-state index contributed by atoms with van der Waals surface area (Å²) in [5.41, 5.74) is 4.12. The second-order valence-corrected chi connectivity index (χ2v) is 5.48. The smallest absolute Gasteiger partial charge is 0.155 e. The Labute approximate surface area is 131 Å². The molecule has 0 fully saturated rings. The molecular weight excluding hydrogens is 270 g/mol. The highest BCUT2D eigenvalue weighted by atomic mass is 15.2. The zero-order valence-electron chi connectivity index (χ0n) is 13.2. The minimum Gasteiger partial charge on any atom is -0.328 e. The van der Waals surface area contributed by atoms with Gasteiger partial charge in [0.1, 0.15) is 0 Å². The zero-order valence-corrected chi connectivity index (χ0v) is 13.2. The second kappa shape index (κ2) is 6.56. The second-order valence-electron chi connectivity index (χ2n) is 5.48. The molecule has 3 rings (SSSR count). The van der Waals surface area contributed by atoms with Crippen LogP contribution in [0.15, 0.2) is 54.6 Å². The molecule has 0 amide bonds. The van der Waals surface area contributed by atoms with Crippen molar-refractivity contribution in [3.63, 3.8) is 0 Å². The van der Waals surface area contributed by atoms with Crippen molar-refractivity contribution in [1.29, 1.82) is 0 Å². The number of hydrogen-bond donors (Lipinski definition) is 0. The van der Waals surface area contributed by atoms with E-state index in [1.165, 1.54) is 0 Å². The SMILES string of the molecule is CCCCc1nc2ccccc2nc1N(C)c1ccccc1. The van der Waals surface area contributed by atoms with Crippen molar-refractivity contribution in [3.8, 4) is 0 Å². The standard InChI is InChI=1S/C19H21N3/c1-3-4-12-18-19(22(2)15-10-6-5-7-11-15)21-17-14-9-8-13-16(17)20-18/h5-11,13-14H,3-4,12H2,1-2H3. The van der Waals surface area contributed by atoms with Crippen LogP contribution in [0, 0.1) is 0 Å². The maximum absolute atomic E-state index is 4.87. The van der Waals surface area contributed by atoms with E-state index in [1.807, 2.05) is 42.5 Å². The third-order valence-corrected chi connectivity index (χ3v) is 3.85. The van der Waals surface area contributed by atoms with Gasteiger partial charge in [0.05, 0.1) is 16.7 Å². The van der Waals surface area contributed by atoms with Crippen LogP contribution in [0.5, 0.6) is 0 Å². The van der Waals surface area contributed by atoms with Crippen molar-refractivity contribution in [2.24, 2.45) is 0 Å². The van der Waals surface area contributed by atoms with Gasteiger partial charge in [-0.3, -0.25) is 0 Å². The van der Waals surface area contributed by atoms with Gasteiger partial charge in [-0.25, -0.2) is 9.97 Å². The summed E-state index contributed by atoms with van der Waals surface area (Å²) in [6.07, 6.45) is 3.24. The van der Waals surface area contributed by atoms with Crippen LogP contribution >= 0.6 is 0 Å². The topological polar surface area (TPSA) is 29.0 Å². The van der Waals surface area contributed by atoms with Gasteiger partial charge in [-0.2, -0.15) is 0 Å². The van der Waals surface area contributed by atoms with E-state index in [-0.39, 0.29) is 0 Å². The average molecular weight is 291 g/mol. The Kier molecular flexibility index (Phi) is 4.33. The minimum atomic E-state index is 0.945. The number of para-hydroxylation sites is 3. The van der Waals surface area contributed by atoms with Crippen molar-refractivity contribution < 1.29 is 0 Å².